The van der Waals surface area contributed by atoms with Gasteiger partial charge in [-0.15, -0.1) is 12.4 Å². The van der Waals surface area contributed by atoms with Crippen LogP contribution in [0.4, 0.5) is 11.6 Å². The van der Waals surface area contributed by atoms with E-state index in [4.69, 9.17) is 16.9 Å². The zero-order valence-corrected chi connectivity index (χ0v) is 17.7. The molecule has 0 aliphatic carbocycles. The predicted octanol–water partition coefficient (Wildman–Crippen LogP) is 0.430. The van der Waals surface area contributed by atoms with Gasteiger partial charge in [0, 0.05) is 44.8 Å². The Morgan fingerprint density at radius 3 is 2.47 bits per heavy atom. The van der Waals surface area contributed by atoms with Gasteiger partial charge in [0.15, 0.2) is 23.3 Å². The quantitative estimate of drug-likeness (QED) is 0.325. The van der Waals surface area contributed by atoms with Gasteiger partial charge in [-0.1, -0.05) is 30.3 Å². The lowest BCUT2D eigenvalue weighted by molar-refractivity contribution is 0.0972. The summed E-state index contributed by atoms with van der Waals surface area (Å²) < 4.78 is 0. The molecule has 1 fully saturated rings. The van der Waals surface area contributed by atoms with Crippen LogP contribution in [0.1, 0.15) is 10.5 Å². The van der Waals surface area contributed by atoms with Crippen molar-refractivity contribution in [2.24, 2.45) is 5.73 Å². The lowest BCUT2D eigenvalue weighted by Gasteiger charge is -2.32. The average Bonchev–Trinajstić information content (AvgIpc) is 2.69. The second-order valence-electron chi connectivity index (χ2n) is 6.96. The molecule has 3 rings (SSSR count). The Hall–Kier alpha value is -2.95. The number of hydrogen-bond donors (Lipinski definition) is 5. The van der Waals surface area contributed by atoms with E-state index in [-0.39, 0.29) is 23.9 Å². The van der Waals surface area contributed by atoms with Crippen LogP contribution in [0.3, 0.4) is 0 Å². The van der Waals surface area contributed by atoms with E-state index >= 15 is 0 Å². The number of benzene rings is 1. The maximum atomic E-state index is 12.3. The van der Waals surface area contributed by atoms with E-state index in [1.54, 1.807) is 0 Å². The lowest BCUT2D eigenvalue weighted by Crippen LogP contribution is -2.45. The van der Waals surface area contributed by atoms with E-state index in [1.165, 1.54) is 0 Å². The first kappa shape index (κ1) is 23.3. The predicted molar refractivity (Wildman–Crippen MR) is 121 cm³/mol. The summed E-state index contributed by atoms with van der Waals surface area (Å²) in [6.45, 7) is 5.72. The summed E-state index contributed by atoms with van der Waals surface area (Å²) in [4.78, 5) is 25.8. The largest absolute Gasteiger partial charge is 0.382 e. The first-order valence-electron chi connectivity index (χ1n) is 9.47. The molecule has 0 spiro atoms. The maximum absolute atomic E-state index is 12.3. The summed E-state index contributed by atoms with van der Waals surface area (Å²) >= 11 is 0. The van der Waals surface area contributed by atoms with E-state index in [0.29, 0.717) is 18.1 Å². The van der Waals surface area contributed by atoms with Crippen LogP contribution < -0.4 is 22.1 Å². The zero-order chi connectivity index (χ0) is 20.8. The fourth-order valence-electron chi connectivity index (χ4n) is 3.12. The Morgan fingerprint density at radius 1 is 1.17 bits per heavy atom. The van der Waals surface area contributed by atoms with Gasteiger partial charge in [-0.2, -0.15) is 0 Å². The molecule has 0 bridgehead atoms. The molecule has 2 aromatic rings. The van der Waals surface area contributed by atoms with Gasteiger partial charge >= 0.3 is 0 Å². The summed E-state index contributed by atoms with van der Waals surface area (Å²) in [6, 6.07) is 9.45. The summed E-state index contributed by atoms with van der Waals surface area (Å²) in [7, 11) is 2.13. The van der Waals surface area contributed by atoms with Crippen LogP contribution in [0.5, 0.6) is 0 Å². The minimum absolute atomic E-state index is 0. The molecule has 10 nitrogen and oxygen atoms in total. The van der Waals surface area contributed by atoms with Gasteiger partial charge < -0.3 is 21.7 Å². The minimum Gasteiger partial charge on any atom is -0.382 e. The van der Waals surface area contributed by atoms with Crippen molar-refractivity contribution in [1.82, 2.24) is 25.1 Å². The molecule has 2 heterocycles. The maximum Gasteiger partial charge on any atom is 0.280 e. The number of aromatic nitrogens is 2. The van der Waals surface area contributed by atoms with Crippen molar-refractivity contribution in [3.05, 3.63) is 36.0 Å². The molecule has 1 aliphatic rings. The molecule has 0 atom stereocenters. The highest BCUT2D eigenvalue weighted by molar-refractivity contribution is 6.06. The molecule has 1 saturated heterocycles. The average molecular weight is 434 g/mol. The number of likely N-dealkylation sites (N-methyl/N-ethyl adjacent to an activating group) is 1. The lowest BCUT2D eigenvalue weighted by atomic mass is 10.1. The van der Waals surface area contributed by atoms with Crippen LogP contribution in [0.15, 0.2) is 30.3 Å². The Morgan fingerprint density at radius 2 is 1.83 bits per heavy atom. The summed E-state index contributed by atoms with van der Waals surface area (Å²) in [5, 5.41) is 12.7. The first-order chi connectivity index (χ1) is 13.9. The number of nitrogen functional groups attached to an aromatic ring is 1. The van der Waals surface area contributed by atoms with Gasteiger partial charge in [0.2, 0.25) is 0 Å². The van der Waals surface area contributed by atoms with Gasteiger partial charge in [0.05, 0.1) is 0 Å². The van der Waals surface area contributed by atoms with Crippen molar-refractivity contribution in [3.8, 4) is 11.3 Å². The number of halogens is 1. The topological polar surface area (TPSA) is 149 Å². The smallest absolute Gasteiger partial charge is 0.280 e. The van der Waals surface area contributed by atoms with Gasteiger partial charge in [0.25, 0.3) is 5.91 Å². The van der Waals surface area contributed by atoms with Crippen molar-refractivity contribution in [2.45, 2.75) is 0 Å². The second-order valence-corrected chi connectivity index (χ2v) is 6.96. The van der Waals surface area contributed by atoms with Crippen LogP contribution in [-0.2, 0) is 0 Å². The number of carbonyl (C=O) groups excluding carboxylic acids is 1. The van der Waals surface area contributed by atoms with Crippen LogP contribution >= 0.6 is 12.4 Å². The van der Waals surface area contributed by atoms with Crippen LogP contribution in [-0.4, -0.2) is 78.0 Å². The third-order valence-electron chi connectivity index (χ3n) is 4.75. The molecule has 162 valence electrons. The number of piperazine rings is 1. The SMILES string of the molecule is CN1CCN(CCNc2nc(N)c(C(=O)NC(=N)N)nc2-c2ccccc2)CC1.Cl. The molecule has 1 aromatic heterocycles. The number of amides is 1. The van der Waals surface area contributed by atoms with Crippen LogP contribution in [0.2, 0.25) is 0 Å². The number of carbonyl (C=O) groups is 1. The Kier molecular flexibility index (Phi) is 8.34. The Labute approximate surface area is 182 Å². The normalized spacial score (nSPS) is 14.6. The third kappa shape index (κ3) is 6.02. The fraction of sp³-hybridized carbons (Fsp3) is 0.368. The second kappa shape index (κ2) is 10.7. The standard InChI is InChI=1S/C19H27N9O.ClH/c1-27-9-11-28(12-10-27)8-7-23-17-14(13-5-3-2-4-6-13)24-15(16(20)25-17)18(29)26-19(21)22;/h2-6H,7-12H2,1H3,(H3,20,23,25)(H4,21,22,26,29);1H. The number of nitrogens with zero attached hydrogens (tertiary/aromatic N) is 4. The number of hydrogen-bond acceptors (Lipinski definition) is 8. The first-order valence-corrected chi connectivity index (χ1v) is 9.47. The van der Waals surface area contributed by atoms with Crippen molar-refractivity contribution in [2.75, 3.05) is 57.4 Å². The summed E-state index contributed by atoms with van der Waals surface area (Å²) in [5.41, 5.74) is 12.5. The van der Waals surface area contributed by atoms with Gasteiger partial charge in [-0.3, -0.25) is 20.4 Å². The van der Waals surface area contributed by atoms with Crippen LogP contribution in [0, 0.1) is 5.41 Å². The molecule has 11 heteroatoms. The molecule has 1 aromatic carbocycles. The Balaban J connectivity index is 0.00000320. The zero-order valence-electron chi connectivity index (χ0n) is 16.9. The Bertz CT molecular complexity index is 870. The molecule has 0 unspecified atom stereocenters. The number of rotatable bonds is 6. The molecule has 0 saturated carbocycles. The minimum atomic E-state index is -0.663. The monoisotopic (exact) mass is 433 g/mol. The van der Waals surface area contributed by atoms with E-state index in [0.717, 1.165) is 38.3 Å². The molecular weight excluding hydrogens is 406 g/mol. The van der Waals surface area contributed by atoms with E-state index in [9.17, 15) is 4.79 Å². The van der Waals surface area contributed by atoms with E-state index < -0.39 is 11.9 Å². The summed E-state index contributed by atoms with van der Waals surface area (Å²) in [6.07, 6.45) is 0. The van der Waals surface area contributed by atoms with E-state index in [2.05, 4.69) is 37.4 Å². The van der Waals surface area contributed by atoms with Crippen molar-refractivity contribution in [3.63, 3.8) is 0 Å². The fourth-order valence-corrected chi connectivity index (χ4v) is 3.12. The van der Waals surface area contributed by atoms with E-state index in [1.807, 2.05) is 30.3 Å². The number of anilines is 2. The highest BCUT2D eigenvalue weighted by Crippen LogP contribution is 2.26. The van der Waals surface area contributed by atoms with Crippen LogP contribution in [0.25, 0.3) is 11.3 Å². The third-order valence-corrected chi connectivity index (χ3v) is 4.75. The molecule has 1 aliphatic heterocycles. The highest BCUT2D eigenvalue weighted by Gasteiger charge is 2.20. The number of guanidine groups is 1. The van der Waals surface area contributed by atoms with Gasteiger partial charge in [-0.25, -0.2) is 9.97 Å². The highest BCUT2D eigenvalue weighted by atomic mass is 35.5. The van der Waals surface area contributed by atoms with Gasteiger partial charge in [-0.05, 0) is 7.05 Å². The molecular formula is C19H28ClN9O. The molecule has 7 N–H and O–H groups in total. The van der Waals surface area contributed by atoms with Crippen molar-refractivity contribution in [1.29, 1.82) is 5.41 Å². The molecule has 0 radical (unpaired) electrons. The number of nitrogens with two attached hydrogens (primary N) is 2. The van der Waals surface area contributed by atoms with Crippen molar-refractivity contribution >= 4 is 35.9 Å². The van der Waals surface area contributed by atoms with Gasteiger partial charge in [0.1, 0.15) is 5.69 Å². The summed E-state index contributed by atoms with van der Waals surface area (Å²) in [5.74, 6) is -0.650. The van der Waals surface area contributed by atoms with Crippen molar-refractivity contribution < 1.29 is 4.79 Å². The number of nitrogens with one attached hydrogen (secondary N) is 3. The molecule has 1 amide bonds. The molecule has 30 heavy (non-hydrogen) atoms.